The predicted octanol–water partition coefficient (Wildman–Crippen LogP) is 4.88. The molecule has 20 heavy (non-hydrogen) atoms. The molecule has 0 saturated heterocycles. The molecule has 0 nitrogen and oxygen atoms in total. The molecular weight excluding hydrogens is 239 g/mol. The second-order valence-corrected chi connectivity index (χ2v) is 5.28. The van der Waals surface area contributed by atoms with Crippen molar-refractivity contribution >= 4 is 12.9 Å². The SMILES string of the molecule is C=C1/C=C\C=C/CC([B]C2C=CC=C2)c2ccccc21. The van der Waals surface area contributed by atoms with Gasteiger partial charge < -0.3 is 0 Å². The summed E-state index contributed by atoms with van der Waals surface area (Å²) < 4.78 is 0. The van der Waals surface area contributed by atoms with Gasteiger partial charge in [0.05, 0.1) is 0 Å². The fraction of sp³-hybridized carbons (Fsp3) is 0.158. The van der Waals surface area contributed by atoms with E-state index < -0.39 is 0 Å². The van der Waals surface area contributed by atoms with Gasteiger partial charge in [0.15, 0.2) is 0 Å². The van der Waals surface area contributed by atoms with Crippen LogP contribution < -0.4 is 0 Å². The monoisotopic (exact) mass is 257 g/mol. The molecule has 0 aliphatic heterocycles. The van der Waals surface area contributed by atoms with E-state index in [0.717, 1.165) is 12.0 Å². The van der Waals surface area contributed by atoms with Gasteiger partial charge in [0, 0.05) is 0 Å². The van der Waals surface area contributed by atoms with Crippen LogP contribution in [-0.4, -0.2) is 7.28 Å². The van der Waals surface area contributed by atoms with Crippen LogP contribution in [0.3, 0.4) is 0 Å². The summed E-state index contributed by atoms with van der Waals surface area (Å²) in [7, 11) is 2.43. The topological polar surface area (TPSA) is 0 Å². The molecule has 0 spiro atoms. The lowest BCUT2D eigenvalue weighted by molar-refractivity contribution is 0.927. The van der Waals surface area contributed by atoms with E-state index >= 15 is 0 Å². The standard InChI is InChI=1S/C19H18B/c1-15-9-3-2-4-14-19(20-16-10-5-6-11-16)18-13-8-7-12-17(15)18/h2-13,16,19H,1,14H2/b4-2-,9-3-. The zero-order valence-electron chi connectivity index (χ0n) is 11.6. The zero-order valence-corrected chi connectivity index (χ0v) is 11.6. The summed E-state index contributed by atoms with van der Waals surface area (Å²) in [6.45, 7) is 4.20. The number of hydrogen-bond acceptors (Lipinski definition) is 0. The van der Waals surface area contributed by atoms with Crippen molar-refractivity contribution in [2.75, 3.05) is 0 Å². The molecule has 3 rings (SSSR count). The maximum atomic E-state index is 4.20. The largest absolute Gasteiger partial charge is 0.134 e. The van der Waals surface area contributed by atoms with Crippen molar-refractivity contribution in [3.8, 4) is 0 Å². The summed E-state index contributed by atoms with van der Waals surface area (Å²) >= 11 is 0. The quantitative estimate of drug-likeness (QED) is 0.662. The van der Waals surface area contributed by atoms with Gasteiger partial charge in [-0.15, -0.1) is 0 Å². The molecule has 0 amide bonds. The van der Waals surface area contributed by atoms with E-state index in [4.69, 9.17) is 0 Å². The van der Waals surface area contributed by atoms with Gasteiger partial charge in [-0.3, -0.25) is 0 Å². The van der Waals surface area contributed by atoms with Crippen molar-refractivity contribution in [1.82, 2.24) is 0 Å². The van der Waals surface area contributed by atoms with Crippen LogP contribution in [0.25, 0.3) is 5.57 Å². The van der Waals surface area contributed by atoms with E-state index in [1.165, 1.54) is 11.1 Å². The molecule has 1 aromatic rings. The molecule has 2 aliphatic carbocycles. The number of hydrogen-bond donors (Lipinski definition) is 0. The van der Waals surface area contributed by atoms with Gasteiger partial charge in [0.1, 0.15) is 7.28 Å². The van der Waals surface area contributed by atoms with Crippen molar-refractivity contribution in [3.05, 3.63) is 90.6 Å². The van der Waals surface area contributed by atoms with Gasteiger partial charge in [-0.05, 0) is 34.8 Å². The molecule has 0 heterocycles. The van der Waals surface area contributed by atoms with E-state index in [0.29, 0.717) is 11.6 Å². The summed E-state index contributed by atoms with van der Waals surface area (Å²) in [5.74, 6) is 0.875. The molecule has 97 valence electrons. The Balaban J connectivity index is 1.96. The number of allylic oxidation sites excluding steroid dienone is 9. The van der Waals surface area contributed by atoms with Crippen LogP contribution >= 0.6 is 0 Å². The Bertz CT molecular complexity index is 604. The van der Waals surface area contributed by atoms with Crippen molar-refractivity contribution in [3.63, 3.8) is 0 Å². The van der Waals surface area contributed by atoms with Gasteiger partial charge >= 0.3 is 0 Å². The summed E-state index contributed by atoms with van der Waals surface area (Å²) in [6, 6.07) is 8.62. The van der Waals surface area contributed by atoms with E-state index in [1.54, 1.807) is 0 Å². The zero-order chi connectivity index (χ0) is 13.8. The van der Waals surface area contributed by atoms with Crippen molar-refractivity contribution in [2.24, 2.45) is 0 Å². The lowest BCUT2D eigenvalue weighted by Crippen LogP contribution is -2.12. The minimum absolute atomic E-state index is 0.427. The molecule has 0 bridgehead atoms. The Hall–Kier alpha value is -2.02. The highest BCUT2D eigenvalue weighted by atomic mass is 14.1. The van der Waals surface area contributed by atoms with E-state index in [-0.39, 0.29) is 0 Å². The Morgan fingerprint density at radius 3 is 2.65 bits per heavy atom. The van der Waals surface area contributed by atoms with Gasteiger partial charge in [0.25, 0.3) is 0 Å². The first-order valence-electron chi connectivity index (χ1n) is 7.16. The van der Waals surface area contributed by atoms with Crippen LogP contribution in [0, 0.1) is 0 Å². The van der Waals surface area contributed by atoms with Crippen LogP contribution in [0.2, 0.25) is 5.82 Å². The van der Waals surface area contributed by atoms with Crippen LogP contribution in [-0.2, 0) is 0 Å². The van der Waals surface area contributed by atoms with Crippen molar-refractivity contribution in [2.45, 2.75) is 18.1 Å². The second kappa shape index (κ2) is 5.96. The third kappa shape index (κ3) is 2.77. The lowest BCUT2D eigenvalue weighted by Gasteiger charge is -2.20. The molecule has 1 aromatic carbocycles. The Morgan fingerprint density at radius 1 is 1.00 bits per heavy atom. The Labute approximate surface area is 122 Å². The third-order valence-corrected chi connectivity index (χ3v) is 3.87. The smallest absolute Gasteiger partial charge is 0.0912 e. The molecule has 1 unspecified atom stereocenters. The summed E-state index contributed by atoms with van der Waals surface area (Å²) in [5, 5.41) is 0. The van der Waals surface area contributed by atoms with E-state index in [1.807, 2.05) is 0 Å². The van der Waals surface area contributed by atoms with Gasteiger partial charge in [-0.1, -0.05) is 79.5 Å². The first-order chi connectivity index (χ1) is 9.84. The maximum Gasteiger partial charge on any atom is 0.134 e. The molecule has 0 fully saturated rings. The van der Waals surface area contributed by atoms with Crippen molar-refractivity contribution in [1.29, 1.82) is 0 Å². The number of fused-ring (bicyclic) bond motifs is 1. The highest BCUT2D eigenvalue weighted by Gasteiger charge is 2.20. The summed E-state index contributed by atoms with van der Waals surface area (Å²) in [6.07, 6.45) is 18.3. The fourth-order valence-electron chi connectivity index (χ4n) is 2.83. The summed E-state index contributed by atoms with van der Waals surface area (Å²) in [4.78, 5) is 0. The normalized spacial score (nSPS) is 24.6. The first-order valence-corrected chi connectivity index (χ1v) is 7.16. The molecule has 2 aliphatic rings. The first kappa shape index (κ1) is 13.0. The minimum atomic E-state index is 0.427. The molecule has 1 radical (unpaired) electrons. The second-order valence-electron chi connectivity index (χ2n) is 5.28. The molecule has 0 N–H and O–H groups in total. The molecule has 0 aromatic heterocycles. The molecular formula is C19H18B. The maximum absolute atomic E-state index is 4.20. The van der Waals surface area contributed by atoms with E-state index in [2.05, 4.69) is 86.7 Å². The molecule has 1 heteroatoms. The van der Waals surface area contributed by atoms with Crippen molar-refractivity contribution < 1.29 is 0 Å². The minimum Gasteiger partial charge on any atom is -0.0912 e. The number of rotatable bonds is 2. The third-order valence-electron chi connectivity index (χ3n) is 3.87. The Kier molecular flexibility index (Phi) is 3.87. The van der Waals surface area contributed by atoms with Gasteiger partial charge in [0.2, 0.25) is 0 Å². The molecule has 0 saturated carbocycles. The lowest BCUT2D eigenvalue weighted by atomic mass is 9.52. The fourth-order valence-corrected chi connectivity index (χ4v) is 2.83. The van der Waals surface area contributed by atoms with Crippen LogP contribution in [0.4, 0.5) is 0 Å². The predicted molar refractivity (Wildman–Crippen MR) is 88.9 cm³/mol. The van der Waals surface area contributed by atoms with E-state index in [9.17, 15) is 0 Å². The van der Waals surface area contributed by atoms with Crippen LogP contribution in [0.1, 0.15) is 23.4 Å². The van der Waals surface area contributed by atoms with Gasteiger partial charge in [-0.2, -0.15) is 0 Å². The van der Waals surface area contributed by atoms with Gasteiger partial charge in [-0.25, -0.2) is 0 Å². The average molecular weight is 257 g/mol. The highest BCUT2D eigenvalue weighted by Crippen LogP contribution is 2.32. The van der Waals surface area contributed by atoms with Crippen LogP contribution in [0.5, 0.6) is 0 Å². The Morgan fingerprint density at radius 2 is 1.80 bits per heavy atom. The number of benzene rings is 1. The molecule has 1 atom stereocenters. The summed E-state index contributed by atoms with van der Waals surface area (Å²) in [5.41, 5.74) is 3.73. The highest BCUT2D eigenvalue weighted by molar-refractivity contribution is 6.41. The average Bonchev–Trinajstić information content (AvgIpc) is 2.99. The van der Waals surface area contributed by atoms with Crippen LogP contribution in [0.15, 0.2) is 79.5 Å².